The van der Waals surface area contributed by atoms with E-state index in [1.54, 1.807) is 0 Å². The summed E-state index contributed by atoms with van der Waals surface area (Å²) in [6.45, 7) is 2.84. The fourth-order valence-corrected chi connectivity index (χ4v) is 1.75. The third-order valence-corrected chi connectivity index (χ3v) is 2.39. The predicted octanol–water partition coefficient (Wildman–Crippen LogP) is 1.45. The summed E-state index contributed by atoms with van der Waals surface area (Å²) >= 11 is 0. The van der Waals surface area contributed by atoms with Crippen LogP contribution < -0.4 is 0 Å². The highest BCUT2D eigenvalue weighted by molar-refractivity contribution is 5.87. The lowest BCUT2D eigenvalue weighted by atomic mass is 9.97. The Hall–Kier alpha value is -0.860. The molecule has 0 unspecified atom stereocenters. The number of hydrogen-bond acceptors (Lipinski definition) is 3. The lowest BCUT2D eigenvalue weighted by Gasteiger charge is -2.24. The first-order chi connectivity index (χ1) is 5.57. The van der Waals surface area contributed by atoms with Crippen LogP contribution in [0.25, 0.3) is 0 Å². The molecule has 0 N–H and O–H groups in total. The van der Waals surface area contributed by atoms with Gasteiger partial charge < -0.3 is 4.74 Å². The molecule has 1 fully saturated rings. The van der Waals surface area contributed by atoms with E-state index in [9.17, 15) is 9.59 Å². The topological polar surface area (TPSA) is 43.4 Å². The minimum atomic E-state index is -0.772. The van der Waals surface area contributed by atoms with Crippen molar-refractivity contribution in [2.45, 2.75) is 45.1 Å². The smallest absolute Gasteiger partial charge is 0.303 e. The Labute approximate surface area is 72.1 Å². The molecular weight excluding hydrogens is 156 g/mol. The molecule has 0 bridgehead atoms. The molecule has 0 aromatic heterocycles. The maximum Gasteiger partial charge on any atom is 0.303 e. The van der Waals surface area contributed by atoms with Crippen LogP contribution in [0.2, 0.25) is 0 Å². The molecule has 1 aliphatic carbocycles. The van der Waals surface area contributed by atoms with Gasteiger partial charge in [0.05, 0.1) is 0 Å². The van der Waals surface area contributed by atoms with Crippen LogP contribution in [0, 0.1) is 0 Å². The van der Waals surface area contributed by atoms with Crippen LogP contribution in [0.15, 0.2) is 0 Å². The molecule has 0 aromatic carbocycles. The van der Waals surface area contributed by atoms with Gasteiger partial charge in [0.1, 0.15) is 0 Å². The van der Waals surface area contributed by atoms with Crippen molar-refractivity contribution in [3.8, 4) is 0 Å². The van der Waals surface area contributed by atoms with Crippen molar-refractivity contribution in [2.75, 3.05) is 0 Å². The molecule has 0 heterocycles. The van der Waals surface area contributed by atoms with Gasteiger partial charge in [-0.25, -0.2) is 0 Å². The second-order valence-corrected chi connectivity index (χ2v) is 3.35. The standard InChI is InChI=1S/C9H14O3/c1-7(10)9(12-8(2)11)5-3-4-6-9/h3-6H2,1-2H3. The fourth-order valence-electron chi connectivity index (χ4n) is 1.75. The molecule has 1 rings (SSSR count). The van der Waals surface area contributed by atoms with Crippen LogP contribution in [0.1, 0.15) is 39.5 Å². The van der Waals surface area contributed by atoms with Gasteiger partial charge in [0, 0.05) is 6.92 Å². The molecule has 1 aliphatic rings. The largest absolute Gasteiger partial charge is 0.451 e. The molecule has 0 aliphatic heterocycles. The average Bonchev–Trinajstić information content (AvgIpc) is 2.35. The summed E-state index contributed by atoms with van der Waals surface area (Å²) in [4.78, 5) is 22.0. The number of carbonyl (C=O) groups excluding carboxylic acids is 2. The number of rotatable bonds is 2. The van der Waals surface area contributed by atoms with Gasteiger partial charge in [0.25, 0.3) is 0 Å². The first-order valence-corrected chi connectivity index (χ1v) is 4.27. The van der Waals surface area contributed by atoms with Crippen molar-refractivity contribution in [1.29, 1.82) is 0 Å². The number of hydrogen-bond donors (Lipinski definition) is 0. The molecule has 0 radical (unpaired) electrons. The normalized spacial score (nSPS) is 20.5. The van der Waals surface area contributed by atoms with E-state index in [-0.39, 0.29) is 11.8 Å². The third kappa shape index (κ3) is 1.65. The monoisotopic (exact) mass is 170 g/mol. The summed E-state index contributed by atoms with van der Waals surface area (Å²) in [5.74, 6) is -0.373. The Balaban J connectivity index is 2.72. The average molecular weight is 170 g/mol. The molecule has 0 spiro atoms. The zero-order valence-corrected chi connectivity index (χ0v) is 7.55. The zero-order valence-electron chi connectivity index (χ0n) is 7.55. The van der Waals surface area contributed by atoms with Crippen molar-refractivity contribution in [3.63, 3.8) is 0 Å². The van der Waals surface area contributed by atoms with Crippen molar-refractivity contribution < 1.29 is 14.3 Å². The van der Waals surface area contributed by atoms with Crippen LogP contribution in [0.5, 0.6) is 0 Å². The van der Waals surface area contributed by atoms with Gasteiger partial charge in [0.15, 0.2) is 11.4 Å². The summed E-state index contributed by atoms with van der Waals surface area (Å²) < 4.78 is 5.07. The van der Waals surface area contributed by atoms with Gasteiger partial charge in [-0.1, -0.05) is 0 Å². The molecule has 1 saturated carbocycles. The molecule has 0 saturated heterocycles. The molecule has 0 aromatic rings. The molecule has 12 heavy (non-hydrogen) atoms. The SMILES string of the molecule is CC(=O)OC1(C(C)=O)CCCC1. The molecule has 0 atom stereocenters. The Bertz CT molecular complexity index is 202. The second kappa shape index (κ2) is 3.25. The van der Waals surface area contributed by atoms with Gasteiger partial charge in [-0.05, 0) is 32.6 Å². The summed E-state index contributed by atoms with van der Waals surface area (Å²) in [5, 5.41) is 0. The Kier molecular flexibility index (Phi) is 2.50. The van der Waals surface area contributed by atoms with Crippen LogP contribution in [0.3, 0.4) is 0 Å². The molecule has 3 nitrogen and oxygen atoms in total. The van der Waals surface area contributed by atoms with E-state index in [2.05, 4.69) is 0 Å². The van der Waals surface area contributed by atoms with Gasteiger partial charge in [-0.2, -0.15) is 0 Å². The first-order valence-electron chi connectivity index (χ1n) is 4.27. The minimum Gasteiger partial charge on any atom is -0.451 e. The highest BCUT2D eigenvalue weighted by Crippen LogP contribution is 2.33. The summed E-state index contributed by atoms with van der Waals surface area (Å²) in [6.07, 6.45) is 3.35. The second-order valence-electron chi connectivity index (χ2n) is 3.35. The quantitative estimate of drug-likeness (QED) is 0.589. The van der Waals surface area contributed by atoms with E-state index >= 15 is 0 Å². The number of carbonyl (C=O) groups is 2. The Morgan fingerprint density at radius 1 is 1.17 bits per heavy atom. The zero-order chi connectivity index (χ0) is 9.19. The van der Waals surface area contributed by atoms with Gasteiger partial charge in [0.2, 0.25) is 0 Å². The van der Waals surface area contributed by atoms with Crippen molar-refractivity contribution in [3.05, 3.63) is 0 Å². The highest BCUT2D eigenvalue weighted by Gasteiger charge is 2.41. The van der Waals surface area contributed by atoms with E-state index in [0.29, 0.717) is 12.8 Å². The maximum atomic E-state index is 11.2. The number of Topliss-reactive ketones (excluding diaryl/α,β-unsaturated/α-hetero) is 1. The summed E-state index contributed by atoms with van der Waals surface area (Å²) in [5.41, 5.74) is -0.772. The van der Waals surface area contributed by atoms with Gasteiger partial charge in [-0.15, -0.1) is 0 Å². The number of ether oxygens (including phenoxy) is 1. The minimum absolute atomic E-state index is 0.0183. The maximum absolute atomic E-state index is 11.2. The molecule has 68 valence electrons. The highest BCUT2D eigenvalue weighted by atomic mass is 16.6. The van der Waals surface area contributed by atoms with Crippen LogP contribution in [0.4, 0.5) is 0 Å². The van der Waals surface area contributed by atoms with E-state index < -0.39 is 5.60 Å². The van der Waals surface area contributed by atoms with E-state index in [0.717, 1.165) is 12.8 Å². The van der Waals surface area contributed by atoms with Gasteiger partial charge in [-0.3, -0.25) is 9.59 Å². The molecular formula is C9H14O3. The van der Waals surface area contributed by atoms with Crippen molar-refractivity contribution in [2.24, 2.45) is 0 Å². The van der Waals surface area contributed by atoms with Gasteiger partial charge >= 0.3 is 5.97 Å². The van der Waals surface area contributed by atoms with E-state index in [1.807, 2.05) is 0 Å². The Morgan fingerprint density at radius 3 is 2.00 bits per heavy atom. The van der Waals surface area contributed by atoms with E-state index in [4.69, 9.17) is 4.74 Å². The molecule has 0 amide bonds. The summed E-state index contributed by atoms with van der Waals surface area (Å²) in [6, 6.07) is 0. The Morgan fingerprint density at radius 2 is 1.67 bits per heavy atom. The van der Waals surface area contributed by atoms with E-state index in [1.165, 1.54) is 13.8 Å². The van der Waals surface area contributed by atoms with Crippen LogP contribution in [-0.2, 0) is 14.3 Å². The lowest BCUT2D eigenvalue weighted by Crippen LogP contribution is -2.38. The van der Waals surface area contributed by atoms with Crippen molar-refractivity contribution in [1.82, 2.24) is 0 Å². The summed E-state index contributed by atoms with van der Waals surface area (Å²) in [7, 11) is 0. The number of esters is 1. The predicted molar refractivity (Wildman–Crippen MR) is 43.6 cm³/mol. The lowest BCUT2D eigenvalue weighted by molar-refractivity contribution is -0.164. The third-order valence-electron chi connectivity index (χ3n) is 2.39. The number of ketones is 1. The first kappa shape index (κ1) is 9.23. The fraction of sp³-hybridized carbons (Fsp3) is 0.778. The van der Waals surface area contributed by atoms with Crippen LogP contribution >= 0.6 is 0 Å². The van der Waals surface area contributed by atoms with Crippen LogP contribution in [-0.4, -0.2) is 17.4 Å². The van der Waals surface area contributed by atoms with Crippen molar-refractivity contribution >= 4 is 11.8 Å². The molecule has 3 heteroatoms.